The van der Waals surface area contributed by atoms with E-state index >= 15 is 0 Å². The first-order chi connectivity index (χ1) is 17.0. The van der Waals surface area contributed by atoms with Crippen molar-refractivity contribution in [3.8, 4) is 11.5 Å². The number of hydrazone groups is 1. The van der Waals surface area contributed by atoms with Crippen LogP contribution in [0.15, 0.2) is 47.6 Å². The standard InChI is InChI=1S/C23H22F3N3O6S/c1-4-18-19(14-7-10-16(33-2)17(11-14)35-23(24,25)26)28-29(22(32)36-18)12-13-5-8-15(9-6-13)27-20(30)21(31)34-3/h5-11,18H,4,12H2,1-3H3,(H,27,30). The molecule has 1 unspecified atom stereocenters. The van der Waals surface area contributed by atoms with Gasteiger partial charge in [-0.15, -0.1) is 13.2 Å². The second kappa shape index (κ2) is 11.3. The predicted octanol–water partition coefficient (Wildman–Crippen LogP) is 4.56. The Bertz CT molecular complexity index is 1170. The fourth-order valence-corrected chi connectivity index (χ4v) is 4.21. The highest BCUT2D eigenvalue weighted by Gasteiger charge is 2.34. The zero-order valence-electron chi connectivity index (χ0n) is 19.4. The van der Waals surface area contributed by atoms with Crippen LogP contribution in [0.1, 0.15) is 24.5 Å². The molecule has 1 heterocycles. The highest BCUT2D eigenvalue weighted by atomic mass is 32.2. The van der Waals surface area contributed by atoms with Crippen molar-refractivity contribution >= 4 is 40.3 Å². The third-order valence-electron chi connectivity index (χ3n) is 4.96. The number of nitrogens with one attached hydrogen (secondary N) is 1. The summed E-state index contributed by atoms with van der Waals surface area (Å²) in [7, 11) is 2.32. The quantitative estimate of drug-likeness (QED) is 0.417. The van der Waals surface area contributed by atoms with Crippen LogP contribution in [0.2, 0.25) is 0 Å². The first-order valence-corrected chi connectivity index (χ1v) is 11.4. The van der Waals surface area contributed by atoms with Crippen molar-refractivity contribution in [3.05, 3.63) is 53.6 Å². The maximum absolute atomic E-state index is 12.9. The van der Waals surface area contributed by atoms with E-state index in [0.29, 0.717) is 28.9 Å². The second-order valence-electron chi connectivity index (χ2n) is 7.38. The summed E-state index contributed by atoms with van der Waals surface area (Å²) in [5, 5.41) is 7.33. The molecular formula is C23H22F3N3O6S. The van der Waals surface area contributed by atoms with E-state index in [1.54, 1.807) is 30.3 Å². The third-order valence-corrected chi connectivity index (χ3v) is 6.21. The maximum Gasteiger partial charge on any atom is 0.573 e. The van der Waals surface area contributed by atoms with Crippen molar-refractivity contribution in [2.45, 2.75) is 31.5 Å². The Balaban J connectivity index is 1.85. The molecule has 0 aliphatic carbocycles. The van der Waals surface area contributed by atoms with Crippen molar-refractivity contribution in [2.75, 3.05) is 19.5 Å². The lowest BCUT2D eigenvalue weighted by atomic mass is 10.0. The molecule has 1 N–H and O–H groups in total. The highest BCUT2D eigenvalue weighted by Crippen LogP contribution is 2.36. The molecule has 0 spiro atoms. The van der Waals surface area contributed by atoms with Gasteiger partial charge >= 0.3 is 23.5 Å². The molecule has 192 valence electrons. The van der Waals surface area contributed by atoms with Crippen LogP contribution in [0.25, 0.3) is 0 Å². The molecule has 0 aromatic heterocycles. The zero-order chi connectivity index (χ0) is 26.5. The van der Waals surface area contributed by atoms with Gasteiger partial charge in [0.1, 0.15) is 0 Å². The number of carbonyl (C=O) groups is 3. The van der Waals surface area contributed by atoms with Crippen molar-refractivity contribution < 1.29 is 41.8 Å². The lowest BCUT2D eigenvalue weighted by Crippen LogP contribution is -2.34. The smallest absolute Gasteiger partial charge is 0.493 e. The molecule has 1 atom stereocenters. The number of halogens is 3. The van der Waals surface area contributed by atoms with Crippen LogP contribution in [0, 0.1) is 0 Å². The van der Waals surface area contributed by atoms with Crippen LogP contribution >= 0.6 is 11.8 Å². The summed E-state index contributed by atoms with van der Waals surface area (Å²) in [6.45, 7) is 1.91. The van der Waals surface area contributed by atoms with E-state index in [1.165, 1.54) is 24.3 Å². The van der Waals surface area contributed by atoms with Gasteiger partial charge in [0.05, 0.1) is 31.7 Å². The Hall–Kier alpha value is -3.74. The molecule has 9 nitrogen and oxygen atoms in total. The molecule has 0 bridgehead atoms. The minimum absolute atomic E-state index is 0.0685. The first-order valence-electron chi connectivity index (χ1n) is 10.5. The number of methoxy groups -OCH3 is 2. The number of hydrogen-bond donors (Lipinski definition) is 1. The van der Waals surface area contributed by atoms with Crippen molar-refractivity contribution in [1.29, 1.82) is 0 Å². The van der Waals surface area contributed by atoms with Gasteiger partial charge < -0.3 is 19.5 Å². The molecule has 2 amide bonds. The van der Waals surface area contributed by atoms with Crippen LogP contribution < -0.4 is 14.8 Å². The Kier molecular flexibility index (Phi) is 8.45. The summed E-state index contributed by atoms with van der Waals surface area (Å²) in [6, 6.07) is 10.4. The van der Waals surface area contributed by atoms with Crippen molar-refractivity contribution in [1.82, 2.24) is 5.01 Å². The van der Waals surface area contributed by atoms with E-state index in [0.717, 1.165) is 18.9 Å². The maximum atomic E-state index is 12.9. The molecule has 2 aromatic carbocycles. The highest BCUT2D eigenvalue weighted by molar-refractivity contribution is 8.14. The summed E-state index contributed by atoms with van der Waals surface area (Å²) < 4.78 is 52.0. The Morgan fingerprint density at radius 3 is 2.39 bits per heavy atom. The van der Waals surface area contributed by atoms with Gasteiger partial charge in [0.2, 0.25) is 0 Å². The summed E-state index contributed by atoms with van der Waals surface area (Å²) in [6.07, 6.45) is -4.40. The number of benzene rings is 2. The summed E-state index contributed by atoms with van der Waals surface area (Å²) >= 11 is 1.02. The van der Waals surface area contributed by atoms with E-state index in [4.69, 9.17) is 4.74 Å². The topological polar surface area (TPSA) is 107 Å². The number of esters is 1. The molecule has 3 rings (SSSR count). The lowest BCUT2D eigenvalue weighted by Gasteiger charge is -2.28. The molecule has 1 aliphatic heterocycles. The minimum Gasteiger partial charge on any atom is -0.493 e. The van der Waals surface area contributed by atoms with Crippen LogP contribution in [0.3, 0.4) is 0 Å². The fraction of sp³-hybridized carbons (Fsp3) is 0.304. The summed E-state index contributed by atoms with van der Waals surface area (Å²) in [5.74, 6) is -2.58. The van der Waals surface area contributed by atoms with E-state index in [2.05, 4.69) is 19.9 Å². The Labute approximate surface area is 208 Å². The fourth-order valence-electron chi connectivity index (χ4n) is 3.28. The van der Waals surface area contributed by atoms with Gasteiger partial charge in [-0.25, -0.2) is 9.80 Å². The van der Waals surface area contributed by atoms with Gasteiger partial charge in [0, 0.05) is 11.3 Å². The zero-order valence-corrected chi connectivity index (χ0v) is 20.2. The van der Waals surface area contributed by atoms with Gasteiger partial charge in [0.15, 0.2) is 11.5 Å². The number of ether oxygens (including phenoxy) is 3. The SMILES string of the molecule is CCC1SC(=O)N(Cc2ccc(NC(=O)C(=O)OC)cc2)N=C1c1ccc(OC)c(OC(F)(F)F)c1. The molecule has 2 aromatic rings. The van der Waals surface area contributed by atoms with Crippen LogP contribution in [0.4, 0.5) is 23.7 Å². The van der Waals surface area contributed by atoms with Gasteiger partial charge in [-0.1, -0.05) is 30.8 Å². The predicted molar refractivity (Wildman–Crippen MR) is 126 cm³/mol. The molecule has 0 saturated carbocycles. The van der Waals surface area contributed by atoms with E-state index < -0.39 is 24.0 Å². The molecule has 0 fully saturated rings. The lowest BCUT2D eigenvalue weighted by molar-refractivity contribution is -0.275. The Morgan fingerprint density at radius 1 is 1.11 bits per heavy atom. The Morgan fingerprint density at radius 2 is 1.81 bits per heavy atom. The minimum atomic E-state index is -4.91. The largest absolute Gasteiger partial charge is 0.573 e. The van der Waals surface area contributed by atoms with Gasteiger partial charge in [0.25, 0.3) is 0 Å². The third kappa shape index (κ3) is 6.68. The second-order valence-corrected chi connectivity index (χ2v) is 8.53. The number of alkyl halides is 3. The number of amides is 2. The monoisotopic (exact) mass is 525 g/mol. The molecule has 0 saturated heterocycles. The van der Waals surface area contributed by atoms with E-state index in [9.17, 15) is 27.6 Å². The number of rotatable bonds is 7. The first kappa shape index (κ1) is 26.9. The van der Waals surface area contributed by atoms with Gasteiger partial charge in [-0.05, 0) is 42.3 Å². The molecular weight excluding hydrogens is 503 g/mol. The number of thioether (sulfide) groups is 1. The number of hydrogen-bond acceptors (Lipinski definition) is 8. The number of nitrogens with zero attached hydrogens (tertiary/aromatic N) is 2. The molecule has 1 aliphatic rings. The van der Waals surface area contributed by atoms with Crippen molar-refractivity contribution in [2.24, 2.45) is 5.10 Å². The van der Waals surface area contributed by atoms with E-state index in [-0.39, 0.29) is 22.8 Å². The average molecular weight is 526 g/mol. The number of carbonyl (C=O) groups excluding carboxylic acids is 3. The molecule has 13 heteroatoms. The van der Waals surface area contributed by atoms with Gasteiger partial charge in [-0.2, -0.15) is 5.10 Å². The van der Waals surface area contributed by atoms with Crippen LogP contribution in [0.5, 0.6) is 11.5 Å². The van der Waals surface area contributed by atoms with Gasteiger partial charge in [-0.3, -0.25) is 9.59 Å². The van der Waals surface area contributed by atoms with Crippen LogP contribution in [-0.2, 0) is 20.9 Å². The average Bonchev–Trinajstić information content (AvgIpc) is 2.84. The van der Waals surface area contributed by atoms with E-state index in [1.807, 2.05) is 6.92 Å². The van der Waals surface area contributed by atoms with Crippen LogP contribution in [-0.4, -0.2) is 53.7 Å². The molecule has 36 heavy (non-hydrogen) atoms. The van der Waals surface area contributed by atoms with Crippen molar-refractivity contribution in [3.63, 3.8) is 0 Å². The molecule has 0 radical (unpaired) electrons. The summed E-state index contributed by atoms with van der Waals surface area (Å²) in [5.41, 5.74) is 1.78. The summed E-state index contributed by atoms with van der Waals surface area (Å²) in [4.78, 5) is 35.6. The number of anilines is 1. The normalized spacial score (nSPS) is 15.7.